The first kappa shape index (κ1) is 14.1. The molecular weight excluding hydrogens is 252 g/mol. The first-order valence-electron chi connectivity index (χ1n) is 6.65. The largest absolute Gasteiger partial charge is 0.399 e. The Morgan fingerprint density at radius 1 is 1.25 bits per heavy atom. The van der Waals surface area contributed by atoms with Gasteiger partial charge in [-0.3, -0.25) is 9.48 Å². The molecule has 106 valence electrons. The van der Waals surface area contributed by atoms with Crippen LogP contribution in [0.1, 0.15) is 34.2 Å². The van der Waals surface area contributed by atoms with E-state index in [1.165, 1.54) is 0 Å². The van der Waals surface area contributed by atoms with E-state index in [1.807, 2.05) is 39.8 Å². The fourth-order valence-electron chi connectivity index (χ4n) is 2.34. The van der Waals surface area contributed by atoms with Crippen LogP contribution in [0.25, 0.3) is 0 Å². The molecule has 5 heteroatoms. The van der Waals surface area contributed by atoms with E-state index >= 15 is 0 Å². The third-order valence-corrected chi connectivity index (χ3v) is 3.23. The van der Waals surface area contributed by atoms with Crippen LogP contribution in [0.3, 0.4) is 0 Å². The number of nitrogens with two attached hydrogens (primary N) is 1. The van der Waals surface area contributed by atoms with Gasteiger partial charge < -0.3 is 11.1 Å². The molecule has 0 saturated heterocycles. The number of aromatic nitrogens is 2. The lowest BCUT2D eigenvalue weighted by Crippen LogP contribution is -2.18. The van der Waals surface area contributed by atoms with Crippen molar-refractivity contribution >= 4 is 17.3 Å². The summed E-state index contributed by atoms with van der Waals surface area (Å²) in [5, 5.41) is 7.24. The molecule has 0 fully saturated rings. The van der Waals surface area contributed by atoms with Gasteiger partial charge in [-0.1, -0.05) is 0 Å². The monoisotopic (exact) mass is 272 g/mol. The highest BCUT2D eigenvalue weighted by Gasteiger charge is 2.15. The predicted octanol–water partition coefficient (Wildman–Crippen LogP) is 2.66. The van der Waals surface area contributed by atoms with E-state index in [4.69, 9.17) is 5.73 Å². The molecule has 2 aromatic rings. The molecule has 0 spiro atoms. The zero-order valence-corrected chi connectivity index (χ0v) is 12.3. The number of hydrogen-bond donors (Lipinski definition) is 2. The van der Waals surface area contributed by atoms with Crippen molar-refractivity contribution in [2.45, 2.75) is 34.2 Å². The van der Waals surface area contributed by atoms with Crippen LogP contribution in [0, 0.1) is 20.8 Å². The molecule has 0 aliphatic carbocycles. The van der Waals surface area contributed by atoms with Crippen molar-refractivity contribution in [1.82, 2.24) is 9.78 Å². The van der Waals surface area contributed by atoms with Gasteiger partial charge >= 0.3 is 0 Å². The average molecular weight is 272 g/mol. The van der Waals surface area contributed by atoms with Crippen LogP contribution in [0.5, 0.6) is 0 Å². The minimum absolute atomic E-state index is 0.150. The van der Waals surface area contributed by atoms with E-state index in [9.17, 15) is 4.79 Å². The highest BCUT2D eigenvalue weighted by Crippen LogP contribution is 2.24. The molecule has 1 heterocycles. The topological polar surface area (TPSA) is 72.9 Å². The number of nitrogen functional groups attached to an aromatic ring is 1. The molecule has 0 radical (unpaired) electrons. The van der Waals surface area contributed by atoms with E-state index in [0.717, 1.165) is 22.5 Å². The lowest BCUT2D eigenvalue weighted by molar-refractivity contribution is 0.101. The molecule has 5 nitrogen and oxygen atoms in total. The van der Waals surface area contributed by atoms with Gasteiger partial charge in [-0.2, -0.15) is 5.10 Å². The third-order valence-electron chi connectivity index (χ3n) is 3.23. The summed E-state index contributed by atoms with van der Waals surface area (Å²) >= 11 is 0. The molecular formula is C15H20N4O. The third kappa shape index (κ3) is 2.66. The molecule has 1 aromatic heterocycles. The number of hydrogen-bond acceptors (Lipinski definition) is 3. The van der Waals surface area contributed by atoms with Crippen LogP contribution in [-0.4, -0.2) is 15.7 Å². The summed E-state index contributed by atoms with van der Waals surface area (Å²) < 4.78 is 1.70. The molecule has 0 aliphatic heterocycles. The molecule has 1 amide bonds. The second-order valence-electron chi connectivity index (χ2n) is 4.97. The number of rotatable bonds is 3. The Hall–Kier alpha value is -2.30. The standard InChI is InChI=1S/C15H20N4O/c1-5-19-13(8-11(4)18-19)15(20)17-14-9(2)6-12(16)7-10(14)3/h6-8H,5,16H2,1-4H3,(H,17,20). The highest BCUT2D eigenvalue weighted by atomic mass is 16.2. The summed E-state index contributed by atoms with van der Waals surface area (Å²) in [4.78, 5) is 12.4. The van der Waals surface area contributed by atoms with Crippen LogP contribution >= 0.6 is 0 Å². The highest BCUT2D eigenvalue weighted by molar-refractivity contribution is 6.04. The van der Waals surface area contributed by atoms with Crippen LogP contribution in [0.4, 0.5) is 11.4 Å². The average Bonchev–Trinajstić information content (AvgIpc) is 2.75. The molecule has 0 unspecified atom stereocenters. The van der Waals surface area contributed by atoms with Gasteiger partial charge in [0.2, 0.25) is 0 Å². The van der Waals surface area contributed by atoms with Gasteiger partial charge in [-0.15, -0.1) is 0 Å². The van der Waals surface area contributed by atoms with Gasteiger partial charge in [0, 0.05) is 17.9 Å². The fraction of sp³-hybridized carbons (Fsp3) is 0.333. The van der Waals surface area contributed by atoms with Gasteiger partial charge in [0.25, 0.3) is 5.91 Å². The van der Waals surface area contributed by atoms with Gasteiger partial charge in [-0.05, 0) is 57.0 Å². The Labute approximate surface area is 118 Å². The van der Waals surface area contributed by atoms with E-state index < -0.39 is 0 Å². The Kier molecular flexibility index (Phi) is 3.79. The number of amides is 1. The number of carbonyl (C=O) groups is 1. The zero-order valence-electron chi connectivity index (χ0n) is 12.3. The molecule has 2 rings (SSSR count). The van der Waals surface area contributed by atoms with E-state index in [0.29, 0.717) is 17.9 Å². The van der Waals surface area contributed by atoms with Crippen LogP contribution in [-0.2, 0) is 6.54 Å². The number of anilines is 2. The van der Waals surface area contributed by atoms with Gasteiger partial charge in [0.15, 0.2) is 0 Å². The van der Waals surface area contributed by atoms with Crippen molar-refractivity contribution in [3.8, 4) is 0 Å². The number of nitrogens with one attached hydrogen (secondary N) is 1. The van der Waals surface area contributed by atoms with Crippen LogP contribution in [0.2, 0.25) is 0 Å². The van der Waals surface area contributed by atoms with Crippen molar-refractivity contribution in [2.75, 3.05) is 11.1 Å². The lowest BCUT2D eigenvalue weighted by Gasteiger charge is -2.13. The van der Waals surface area contributed by atoms with Crippen molar-refractivity contribution < 1.29 is 4.79 Å². The SMILES string of the molecule is CCn1nc(C)cc1C(=O)Nc1c(C)cc(N)cc1C. The molecule has 0 aliphatic rings. The maximum Gasteiger partial charge on any atom is 0.273 e. The predicted molar refractivity (Wildman–Crippen MR) is 80.9 cm³/mol. The summed E-state index contributed by atoms with van der Waals surface area (Å²) in [6.07, 6.45) is 0. The molecule has 0 bridgehead atoms. The maximum atomic E-state index is 12.4. The van der Waals surface area contributed by atoms with Crippen LogP contribution < -0.4 is 11.1 Å². The summed E-state index contributed by atoms with van der Waals surface area (Å²) in [5.74, 6) is -0.150. The first-order valence-corrected chi connectivity index (χ1v) is 6.65. The summed E-state index contributed by atoms with van der Waals surface area (Å²) in [6, 6.07) is 5.50. The molecule has 3 N–H and O–H groups in total. The lowest BCUT2D eigenvalue weighted by atomic mass is 10.1. The normalized spacial score (nSPS) is 10.6. The van der Waals surface area contributed by atoms with Crippen molar-refractivity contribution in [3.05, 3.63) is 40.7 Å². The van der Waals surface area contributed by atoms with E-state index in [-0.39, 0.29) is 5.91 Å². The quantitative estimate of drug-likeness (QED) is 0.844. The molecule has 20 heavy (non-hydrogen) atoms. The Balaban J connectivity index is 2.32. The fourth-order valence-corrected chi connectivity index (χ4v) is 2.34. The molecule has 1 aromatic carbocycles. The number of benzene rings is 1. The van der Waals surface area contributed by atoms with E-state index in [1.54, 1.807) is 10.7 Å². The summed E-state index contributed by atoms with van der Waals surface area (Å²) in [5.41, 5.74) is 10.6. The van der Waals surface area contributed by atoms with Crippen molar-refractivity contribution in [3.63, 3.8) is 0 Å². The minimum Gasteiger partial charge on any atom is -0.399 e. The smallest absolute Gasteiger partial charge is 0.273 e. The second-order valence-corrected chi connectivity index (χ2v) is 4.97. The summed E-state index contributed by atoms with van der Waals surface area (Å²) in [6.45, 7) is 8.37. The second kappa shape index (κ2) is 5.36. The van der Waals surface area contributed by atoms with Gasteiger partial charge in [-0.25, -0.2) is 0 Å². The van der Waals surface area contributed by atoms with Crippen molar-refractivity contribution in [2.24, 2.45) is 0 Å². The number of nitrogens with zero attached hydrogens (tertiary/aromatic N) is 2. The van der Waals surface area contributed by atoms with Crippen LogP contribution in [0.15, 0.2) is 18.2 Å². The maximum absolute atomic E-state index is 12.4. The number of aryl methyl sites for hydroxylation is 4. The van der Waals surface area contributed by atoms with Crippen molar-refractivity contribution in [1.29, 1.82) is 0 Å². The molecule has 0 atom stereocenters. The van der Waals surface area contributed by atoms with Gasteiger partial charge in [0.1, 0.15) is 5.69 Å². The Bertz CT molecular complexity index is 635. The summed E-state index contributed by atoms with van der Waals surface area (Å²) in [7, 11) is 0. The number of carbonyl (C=O) groups excluding carboxylic acids is 1. The molecule has 0 saturated carbocycles. The Morgan fingerprint density at radius 2 is 1.85 bits per heavy atom. The van der Waals surface area contributed by atoms with E-state index in [2.05, 4.69) is 10.4 Å². The zero-order chi connectivity index (χ0) is 14.9. The minimum atomic E-state index is -0.150. The first-order chi connectivity index (χ1) is 9.42. The van der Waals surface area contributed by atoms with Gasteiger partial charge in [0.05, 0.1) is 5.69 Å². The Morgan fingerprint density at radius 3 is 2.40 bits per heavy atom.